The Morgan fingerprint density at radius 3 is 2.48 bits per heavy atom. The number of carbonyl (C=O) groups is 1. The molecule has 0 bridgehead atoms. The van der Waals surface area contributed by atoms with Crippen molar-refractivity contribution in [2.75, 3.05) is 5.73 Å². The summed E-state index contributed by atoms with van der Waals surface area (Å²) in [5.41, 5.74) is 2.92. The highest BCUT2D eigenvalue weighted by Gasteiger charge is 2.36. The third kappa shape index (κ3) is 5.06. The molecule has 2 aromatic heterocycles. The molecule has 31 heavy (non-hydrogen) atoms. The molecule has 0 saturated heterocycles. The van der Waals surface area contributed by atoms with Gasteiger partial charge in [0.15, 0.2) is 0 Å². The normalized spacial score (nSPS) is 12.5. The summed E-state index contributed by atoms with van der Waals surface area (Å²) in [6.45, 7) is 4.84. The van der Waals surface area contributed by atoms with Crippen LogP contribution in [0.25, 0.3) is 22.2 Å². The van der Waals surface area contributed by atoms with E-state index in [-0.39, 0.29) is 33.1 Å². The van der Waals surface area contributed by atoms with E-state index in [1.165, 1.54) is 18.2 Å². The van der Waals surface area contributed by atoms with Crippen molar-refractivity contribution in [3.63, 3.8) is 0 Å². The van der Waals surface area contributed by atoms with Gasteiger partial charge in [0.05, 0.1) is 11.2 Å². The number of nitrogens with two attached hydrogens (primary N) is 1. The van der Waals surface area contributed by atoms with E-state index >= 15 is 0 Å². The van der Waals surface area contributed by atoms with E-state index in [1.54, 1.807) is 20.8 Å². The zero-order valence-electron chi connectivity index (χ0n) is 16.5. The Bertz CT molecular complexity index is 1140. The van der Waals surface area contributed by atoms with Gasteiger partial charge in [-0.05, 0) is 32.9 Å². The molecule has 6 nitrogen and oxygen atoms in total. The van der Waals surface area contributed by atoms with E-state index in [9.17, 15) is 26.7 Å². The van der Waals surface area contributed by atoms with Crippen molar-refractivity contribution < 1.29 is 31.5 Å². The van der Waals surface area contributed by atoms with Gasteiger partial charge in [0.2, 0.25) is 5.95 Å². The standard InChI is InChI=1S/C19H17F5N4O2S/c1-18(2,3)30-17(29)28-8-11(10-5-4-9(6-13(10)28)31-15(20)21)14-12(19(22,23)24)7-26-16(25)27-14/h4-8,15H,1-3H3,(H2,25,26,27). The molecule has 2 heterocycles. The number of alkyl halides is 5. The Kier molecular flexibility index (Phi) is 5.87. The predicted octanol–water partition coefficient (Wildman–Crippen LogP) is 5.80. The second kappa shape index (κ2) is 7.98. The van der Waals surface area contributed by atoms with Crippen molar-refractivity contribution in [2.24, 2.45) is 0 Å². The number of hydrogen-bond donors (Lipinski definition) is 1. The van der Waals surface area contributed by atoms with E-state index in [4.69, 9.17) is 10.5 Å². The maximum absolute atomic E-state index is 13.6. The molecule has 0 saturated carbocycles. The number of carbonyl (C=O) groups excluding carboxylic acids is 1. The van der Waals surface area contributed by atoms with Crippen LogP contribution in [0.1, 0.15) is 26.3 Å². The van der Waals surface area contributed by atoms with Crippen LogP contribution in [0, 0.1) is 0 Å². The smallest absolute Gasteiger partial charge is 0.419 e. The molecule has 3 rings (SSSR count). The predicted molar refractivity (Wildman–Crippen MR) is 106 cm³/mol. The second-order valence-electron chi connectivity index (χ2n) is 7.44. The highest BCUT2D eigenvalue weighted by molar-refractivity contribution is 7.99. The van der Waals surface area contributed by atoms with Gasteiger partial charge >= 0.3 is 12.3 Å². The average molecular weight is 460 g/mol. The SMILES string of the molecule is CC(C)(C)OC(=O)n1cc(-c2nc(N)ncc2C(F)(F)F)c2ccc(SC(F)F)cc21. The number of halogens is 5. The minimum absolute atomic E-state index is 0.0733. The molecule has 0 aliphatic heterocycles. The zero-order chi connectivity index (χ0) is 23.1. The third-order valence-electron chi connectivity index (χ3n) is 3.96. The van der Waals surface area contributed by atoms with Crippen LogP contribution < -0.4 is 5.73 Å². The number of anilines is 1. The number of nitrogen functional groups attached to an aromatic ring is 1. The van der Waals surface area contributed by atoms with Crippen LogP contribution in [0.5, 0.6) is 0 Å². The molecule has 0 atom stereocenters. The number of benzene rings is 1. The lowest BCUT2D eigenvalue weighted by Gasteiger charge is -2.19. The van der Waals surface area contributed by atoms with Crippen molar-refractivity contribution in [1.82, 2.24) is 14.5 Å². The first kappa shape index (κ1) is 22.8. The van der Waals surface area contributed by atoms with Gasteiger partial charge in [0.25, 0.3) is 5.76 Å². The van der Waals surface area contributed by atoms with Crippen LogP contribution in [-0.2, 0) is 10.9 Å². The Hall–Kier alpha value is -2.89. The maximum Gasteiger partial charge on any atom is 0.419 e. The summed E-state index contributed by atoms with van der Waals surface area (Å²) >= 11 is 0.237. The van der Waals surface area contributed by atoms with E-state index in [2.05, 4.69) is 9.97 Å². The van der Waals surface area contributed by atoms with Crippen molar-refractivity contribution in [3.05, 3.63) is 36.2 Å². The highest BCUT2D eigenvalue weighted by atomic mass is 32.2. The van der Waals surface area contributed by atoms with Crippen LogP contribution in [0.3, 0.4) is 0 Å². The van der Waals surface area contributed by atoms with Crippen LogP contribution in [-0.4, -0.2) is 32.0 Å². The van der Waals surface area contributed by atoms with Gasteiger partial charge in [0, 0.05) is 28.2 Å². The molecule has 0 aliphatic rings. The van der Waals surface area contributed by atoms with Gasteiger partial charge < -0.3 is 10.5 Å². The summed E-state index contributed by atoms with van der Waals surface area (Å²) in [5.74, 6) is -3.12. The first-order valence-electron chi connectivity index (χ1n) is 8.79. The van der Waals surface area contributed by atoms with Gasteiger partial charge in [-0.3, -0.25) is 4.57 Å². The summed E-state index contributed by atoms with van der Waals surface area (Å²) in [4.78, 5) is 20.0. The molecule has 166 valence electrons. The van der Waals surface area contributed by atoms with E-state index in [1.807, 2.05) is 0 Å². The highest BCUT2D eigenvalue weighted by Crippen LogP contribution is 2.40. The average Bonchev–Trinajstić information content (AvgIpc) is 2.97. The molecule has 3 aromatic rings. The van der Waals surface area contributed by atoms with E-state index in [0.717, 1.165) is 10.8 Å². The number of aromatic nitrogens is 3. The molecule has 0 fully saturated rings. The van der Waals surface area contributed by atoms with E-state index < -0.39 is 40.8 Å². The summed E-state index contributed by atoms with van der Waals surface area (Å²) in [7, 11) is 0. The molecule has 0 unspecified atom stereocenters. The Morgan fingerprint density at radius 1 is 1.23 bits per heavy atom. The summed E-state index contributed by atoms with van der Waals surface area (Å²) in [6.07, 6.45) is -4.02. The molecule has 0 amide bonds. The summed E-state index contributed by atoms with van der Waals surface area (Å²) in [6, 6.07) is 3.94. The fourth-order valence-corrected chi connectivity index (χ4v) is 3.37. The number of ether oxygens (including phenoxy) is 1. The van der Waals surface area contributed by atoms with Crippen LogP contribution >= 0.6 is 11.8 Å². The fourth-order valence-electron chi connectivity index (χ4n) is 2.84. The Balaban J connectivity index is 2.29. The first-order valence-corrected chi connectivity index (χ1v) is 9.67. The van der Waals surface area contributed by atoms with Crippen LogP contribution in [0.4, 0.5) is 32.7 Å². The molecule has 0 spiro atoms. The fraction of sp³-hybridized carbons (Fsp3) is 0.316. The van der Waals surface area contributed by atoms with Crippen molar-refractivity contribution in [1.29, 1.82) is 0 Å². The van der Waals surface area contributed by atoms with Gasteiger partial charge in [-0.25, -0.2) is 14.8 Å². The van der Waals surface area contributed by atoms with Crippen molar-refractivity contribution in [3.8, 4) is 11.3 Å². The summed E-state index contributed by atoms with van der Waals surface area (Å²) < 4.78 is 72.6. The number of fused-ring (bicyclic) bond motifs is 1. The third-order valence-corrected chi connectivity index (χ3v) is 4.66. The molecule has 1 aromatic carbocycles. The Labute approximate surface area is 177 Å². The lowest BCUT2D eigenvalue weighted by molar-refractivity contribution is -0.137. The number of nitrogens with zero attached hydrogens (tertiary/aromatic N) is 3. The lowest BCUT2D eigenvalue weighted by Crippen LogP contribution is -2.26. The topological polar surface area (TPSA) is 83.0 Å². The molecular formula is C19H17F5N4O2S. The van der Waals surface area contributed by atoms with Gasteiger partial charge in [-0.2, -0.15) is 22.0 Å². The molecule has 12 heteroatoms. The number of thioether (sulfide) groups is 1. The Morgan fingerprint density at radius 2 is 1.90 bits per heavy atom. The van der Waals surface area contributed by atoms with Gasteiger partial charge in [0.1, 0.15) is 11.2 Å². The monoisotopic (exact) mass is 460 g/mol. The van der Waals surface area contributed by atoms with Crippen LogP contribution in [0.15, 0.2) is 35.5 Å². The quantitative estimate of drug-likeness (QED) is 0.393. The van der Waals surface area contributed by atoms with E-state index in [0.29, 0.717) is 6.20 Å². The minimum Gasteiger partial charge on any atom is -0.443 e. The largest absolute Gasteiger partial charge is 0.443 e. The minimum atomic E-state index is -4.80. The lowest BCUT2D eigenvalue weighted by atomic mass is 10.1. The first-order chi connectivity index (χ1) is 14.3. The van der Waals surface area contributed by atoms with Gasteiger partial charge in [-0.15, -0.1) is 0 Å². The second-order valence-corrected chi connectivity index (χ2v) is 8.50. The zero-order valence-corrected chi connectivity index (χ0v) is 17.3. The van der Waals surface area contributed by atoms with Crippen molar-refractivity contribution in [2.45, 2.75) is 43.2 Å². The number of hydrogen-bond acceptors (Lipinski definition) is 6. The number of rotatable bonds is 3. The molecule has 2 N–H and O–H groups in total. The van der Waals surface area contributed by atoms with Crippen LogP contribution in [0.2, 0.25) is 0 Å². The molecule has 0 radical (unpaired) electrons. The molecular weight excluding hydrogens is 443 g/mol. The maximum atomic E-state index is 13.6. The molecule has 0 aliphatic carbocycles. The summed E-state index contributed by atoms with van der Waals surface area (Å²) in [5, 5.41) is 0.174. The van der Waals surface area contributed by atoms with Crippen molar-refractivity contribution >= 4 is 34.7 Å². The van der Waals surface area contributed by atoms with Gasteiger partial charge in [-0.1, -0.05) is 17.8 Å².